The van der Waals surface area contributed by atoms with Crippen molar-refractivity contribution in [3.05, 3.63) is 77.9 Å². The first-order chi connectivity index (χ1) is 10.2. The molecule has 0 amide bonds. The van der Waals surface area contributed by atoms with E-state index in [0.717, 1.165) is 26.8 Å². The van der Waals surface area contributed by atoms with Crippen LogP contribution in [0.5, 0.6) is 0 Å². The van der Waals surface area contributed by atoms with Gasteiger partial charge in [0.1, 0.15) is 0 Å². The van der Waals surface area contributed by atoms with Gasteiger partial charge in [0.05, 0.1) is 4.90 Å². The molecule has 0 N–H and O–H groups in total. The lowest BCUT2D eigenvalue weighted by atomic mass is 10.1. The van der Waals surface area contributed by atoms with Crippen molar-refractivity contribution in [2.75, 3.05) is 0 Å². The van der Waals surface area contributed by atoms with Gasteiger partial charge < -0.3 is 0 Å². The monoisotopic (exact) mass is 293 g/mol. The summed E-state index contributed by atoms with van der Waals surface area (Å²) < 4.78 is 16.4. The zero-order chi connectivity index (χ0) is 14.7. The van der Waals surface area contributed by atoms with E-state index in [0.29, 0.717) is 0 Å². The number of benzene rings is 3. The van der Waals surface area contributed by atoms with Gasteiger partial charge in [-0.05, 0) is 29.8 Å². The van der Waals surface area contributed by atoms with E-state index in [-0.39, 0.29) is 0 Å². The molecule has 0 radical (unpaired) electrons. The van der Waals surface area contributed by atoms with Crippen molar-refractivity contribution in [2.24, 2.45) is 4.40 Å². The third-order valence-electron chi connectivity index (χ3n) is 3.33. The standard InChI is InChI=1S/C18H15NOS/c1-14-9-11-17(12-10-14)21(20)19-13-16-7-4-6-15-5-2-3-8-18(15)16/h2-13H,1H3/b19-13+. The van der Waals surface area contributed by atoms with Gasteiger partial charge in [-0.3, -0.25) is 0 Å². The molecule has 0 heterocycles. The van der Waals surface area contributed by atoms with Gasteiger partial charge >= 0.3 is 0 Å². The zero-order valence-corrected chi connectivity index (χ0v) is 12.5. The Hall–Kier alpha value is -2.26. The maximum Gasteiger partial charge on any atom is 0.172 e. The fourth-order valence-electron chi connectivity index (χ4n) is 2.18. The van der Waals surface area contributed by atoms with Crippen molar-refractivity contribution in [3.8, 4) is 0 Å². The lowest BCUT2D eigenvalue weighted by Crippen LogP contribution is -1.90. The van der Waals surface area contributed by atoms with Crippen LogP contribution in [0.25, 0.3) is 10.8 Å². The molecule has 3 aromatic carbocycles. The molecule has 21 heavy (non-hydrogen) atoms. The Morgan fingerprint density at radius 2 is 1.62 bits per heavy atom. The second-order valence-electron chi connectivity index (χ2n) is 4.87. The summed E-state index contributed by atoms with van der Waals surface area (Å²) in [5, 5.41) is 2.27. The number of hydrogen-bond donors (Lipinski definition) is 0. The van der Waals surface area contributed by atoms with Crippen molar-refractivity contribution in [3.63, 3.8) is 0 Å². The second-order valence-corrected chi connectivity index (χ2v) is 6.05. The molecule has 0 aliphatic heterocycles. The van der Waals surface area contributed by atoms with Gasteiger partial charge in [0.2, 0.25) is 0 Å². The molecule has 3 rings (SSSR count). The molecule has 0 aliphatic rings. The van der Waals surface area contributed by atoms with Crippen LogP contribution in [-0.4, -0.2) is 10.4 Å². The maximum absolute atomic E-state index is 12.2. The van der Waals surface area contributed by atoms with Crippen LogP contribution in [0.15, 0.2) is 76.0 Å². The van der Waals surface area contributed by atoms with Crippen LogP contribution in [0.2, 0.25) is 0 Å². The molecule has 1 unspecified atom stereocenters. The first-order valence-corrected chi connectivity index (χ1v) is 7.85. The molecule has 0 bridgehead atoms. The van der Waals surface area contributed by atoms with Crippen molar-refractivity contribution < 1.29 is 4.21 Å². The smallest absolute Gasteiger partial charge is 0.172 e. The Morgan fingerprint density at radius 1 is 0.905 bits per heavy atom. The molecule has 0 aliphatic carbocycles. The van der Waals surface area contributed by atoms with Gasteiger partial charge in [-0.25, -0.2) is 4.21 Å². The Labute approximate surface area is 126 Å². The summed E-state index contributed by atoms with van der Waals surface area (Å²) >= 11 is 0. The fourth-order valence-corrected chi connectivity index (χ4v) is 2.88. The van der Waals surface area contributed by atoms with E-state index >= 15 is 0 Å². The normalized spacial score (nSPS) is 12.8. The summed E-state index contributed by atoms with van der Waals surface area (Å²) in [5.74, 6) is 0. The van der Waals surface area contributed by atoms with Crippen LogP contribution in [0, 0.1) is 6.92 Å². The minimum Gasteiger partial charge on any atom is -0.229 e. The maximum atomic E-state index is 12.2. The largest absolute Gasteiger partial charge is 0.229 e. The van der Waals surface area contributed by atoms with Crippen LogP contribution in [-0.2, 0) is 11.0 Å². The molecule has 0 saturated carbocycles. The molecule has 0 aromatic heterocycles. The van der Waals surface area contributed by atoms with Gasteiger partial charge in [0, 0.05) is 11.8 Å². The predicted molar refractivity (Wildman–Crippen MR) is 89.1 cm³/mol. The highest BCUT2D eigenvalue weighted by atomic mass is 32.2. The van der Waals surface area contributed by atoms with Crippen LogP contribution >= 0.6 is 0 Å². The fraction of sp³-hybridized carbons (Fsp3) is 0.0556. The zero-order valence-electron chi connectivity index (χ0n) is 11.7. The average molecular weight is 293 g/mol. The molecule has 3 aromatic rings. The van der Waals surface area contributed by atoms with E-state index in [1.165, 1.54) is 0 Å². The molecule has 0 spiro atoms. The summed E-state index contributed by atoms with van der Waals surface area (Å²) in [6, 6.07) is 21.7. The van der Waals surface area contributed by atoms with Gasteiger partial charge in [0.15, 0.2) is 11.0 Å². The van der Waals surface area contributed by atoms with Crippen LogP contribution < -0.4 is 0 Å². The van der Waals surface area contributed by atoms with E-state index < -0.39 is 11.0 Å². The van der Waals surface area contributed by atoms with E-state index in [1.807, 2.05) is 61.5 Å². The molecule has 104 valence electrons. The molecule has 3 heteroatoms. The summed E-state index contributed by atoms with van der Waals surface area (Å²) in [4.78, 5) is 0.720. The lowest BCUT2D eigenvalue weighted by molar-refractivity contribution is 0.684. The Morgan fingerprint density at radius 3 is 2.43 bits per heavy atom. The highest BCUT2D eigenvalue weighted by Crippen LogP contribution is 2.17. The van der Waals surface area contributed by atoms with Gasteiger partial charge in [-0.1, -0.05) is 60.2 Å². The Balaban J connectivity index is 1.91. The highest BCUT2D eigenvalue weighted by Gasteiger charge is 2.01. The van der Waals surface area contributed by atoms with Gasteiger partial charge in [0.25, 0.3) is 0 Å². The number of nitrogens with zero attached hydrogens (tertiary/aromatic N) is 1. The van der Waals surface area contributed by atoms with E-state index in [2.05, 4.69) is 16.5 Å². The molecule has 2 nitrogen and oxygen atoms in total. The van der Waals surface area contributed by atoms with Crippen molar-refractivity contribution in [2.45, 2.75) is 11.8 Å². The lowest BCUT2D eigenvalue weighted by Gasteiger charge is -2.01. The summed E-state index contributed by atoms with van der Waals surface area (Å²) in [6.45, 7) is 2.01. The van der Waals surface area contributed by atoms with E-state index in [9.17, 15) is 4.21 Å². The van der Waals surface area contributed by atoms with E-state index in [1.54, 1.807) is 6.21 Å². The number of rotatable bonds is 3. The summed E-state index contributed by atoms with van der Waals surface area (Å²) in [6.07, 6.45) is 1.69. The third-order valence-corrected chi connectivity index (χ3v) is 4.31. The second kappa shape index (κ2) is 6.02. The Kier molecular flexibility index (Phi) is 3.93. The first kappa shape index (κ1) is 13.7. The van der Waals surface area contributed by atoms with Crippen molar-refractivity contribution in [1.29, 1.82) is 0 Å². The summed E-state index contributed by atoms with van der Waals surface area (Å²) in [5.41, 5.74) is 2.13. The Bertz CT molecular complexity index is 817. The minimum atomic E-state index is -1.37. The average Bonchev–Trinajstić information content (AvgIpc) is 2.53. The molecular weight excluding hydrogens is 278 g/mol. The third kappa shape index (κ3) is 3.09. The van der Waals surface area contributed by atoms with Crippen LogP contribution in [0.1, 0.15) is 11.1 Å². The summed E-state index contributed by atoms with van der Waals surface area (Å²) in [7, 11) is -1.37. The molecule has 0 fully saturated rings. The van der Waals surface area contributed by atoms with Crippen molar-refractivity contribution >= 4 is 28.0 Å². The van der Waals surface area contributed by atoms with Gasteiger partial charge in [-0.2, -0.15) is 4.40 Å². The van der Waals surface area contributed by atoms with E-state index in [4.69, 9.17) is 0 Å². The van der Waals surface area contributed by atoms with Gasteiger partial charge in [-0.15, -0.1) is 0 Å². The first-order valence-electron chi connectivity index (χ1n) is 6.74. The van der Waals surface area contributed by atoms with Crippen LogP contribution in [0.4, 0.5) is 0 Å². The topological polar surface area (TPSA) is 29.4 Å². The highest BCUT2D eigenvalue weighted by molar-refractivity contribution is 7.83. The van der Waals surface area contributed by atoms with Crippen molar-refractivity contribution in [1.82, 2.24) is 0 Å². The number of hydrogen-bond acceptors (Lipinski definition) is 1. The predicted octanol–water partition coefficient (Wildman–Crippen LogP) is 4.29. The SMILES string of the molecule is Cc1ccc(S(=O)/N=C/c2cccc3ccccc23)cc1. The molecule has 0 saturated heterocycles. The van der Waals surface area contributed by atoms with Crippen LogP contribution in [0.3, 0.4) is 0 Å². The minimum absolute atomic E-state index is 0.720. The number of aryl methyl sites for hydroxylation is 1. The molecule has 1 atom stereocenters. The molecular formula is C18H15NOS. The quantitative estimate of drug-likeness (QED) is 0.662. The number of fused-ring (bicyclic) bond motifs is 1.